The summed E-state index contributed by atoms with van der Waals surface area (Å²) in [7, 11) is 0. The van der Waals surface area contributed by atoms with Gasteiger partial charge in [-0.1, -0.05) is 12.7 Å². The molecule has 1 aromatic carbocycles. The Morgan fingerprint density at radius 3 is 2.56 bits per heavy atom. The maximum Gasteiger partial charge on any atom is 0.295 e. The summed E-state index contributed by atoms with van der Waals surface area (Å²) in [6.07, 6.45) is 5.64. The number of carbonyl (C=O) groups is 2. The molecule has 0 spiro atoms. The number of aliphatic hydroxyl groups is 1. The highest BCUT2D eigenvalue weighted by atomic mass is 16.5. The average molecular weight is 465 g/mol. The minimum absolute atomic E-state index is 0.0923. The van der Waals surface area contributed by atoms with Gasteiger partial charge in [-0.15, -0.1) is 0 Å². The summed E-state index contributed by atoms with van der Waals surface area (Å²) in [4.78, 5) is 33.2. The molecule has 0 unspecified atom stereocenters. The van der Waals surface area contributed by atoms with Crippen molar-refractivity contribution in [1.29, 1.82) is 0 Å². The number of rotatable bonds is 9. The molecule has 4 rings (SSSR count). The Kier molecular flexibility index (Phi) is 7.72. The number of pyridine rings is 1. The first kappa shape index (κ1) is 23.7. The van der Waals surface area contributed by atoms with Gasteiger partial charge in [0, 0.05) is 30.9 Å². The lowest BCUT2D eigenvalue weighted by atomic mass is 9.96. The highest BCUT2D eigenvalue weighted by molar-refractivity contribution is 6.46. The van der Waals surface area contributed by atoms with Crippen LogP contribution in [0.1, 0.15) is 23.6 Å². The fourth-order valence-corrected chi connectivity index (χ4v) is 4.43. The van der Waals surface area contributed by atoms with Crippen LogP contribution < -0.4 is 9.64 Å². The van der Waals surface area contributed by atoms with Crippen LogP contribution in [0.3, 0.4) is 0 Å². The van der Waals surface area contributed by atoms with E-state index in [2.05, 4.69) is 11.6 Å². The van der Waals surface area contributed by atoms with Crippen molar-refractivity contribution in [1.82, 2.24) is 9.88 Å². The van der Waals surface area contributed by atoms with Crippen LogP contribution in [-0.2, 0) is 14.3 Å². The maximum absolute atomic E-state index is 13.1. The quantitative estimate of drug-likeness (QED) is 0.252. The summed E-state index contributed by atoms with van der Waals surface area (Å²) in [5.74, 6) is -0.846. The second kappa shape index (κ2) is 11.1. The van der Waals surface area contributed by atoms with Crippen LogP contribution in [0.5, 0.6) is 5.75 Å². The van der Waals surface area contributed by atoms with E-state index in [1.165, 1.54) is 4.90 Å². The summed E-state index contributed by atoms with van der Waals surface area (Å²) in [6, 6.07) is 9.65. The molecule has 34 heavy (non-hydrogen) atoms. The number of hydrogen-bond donors (Lipinski definition) is 2. The molecule has 0 aliphatic carbocycles. The number of hydrogen-bond acceptors (Lipinski definition) is 6. The van der Waals surface area contributed by atoms with Crippen molar-refractivity contribution in [2.24, 2.45) is 0 Å². The van der Waals surface area contributed by atoms with Gasteiger partial charge in [-0.3, -0.25) is 14.6 Å². The van der Waals surface area contributed by atoms with Gasteiger partial charge in [-0.25, -0.2) is 0 Å². The predicted octanol–water partition coefficient (Wildman–Crippen LogP) is 1.37. The molecule has 2 aliphatic rings. The van der Waals surface area contributed by atoms with E-state index in [-0.39, 0.29) is 11.3 Å². The summed E-state index contributed by atoms with van der Waals surface area (Å²) >= 11 is 0. The van der Waals surface area contributed by atoms with E-state index in [9.17, 15) is 14.7 Å². The smallest absolute Gasteiger partial charge is 0.295 e. The first-order chi connectivity index (χ1) is 16.6. The molecule has 1 amide bonds. The third kappa shape index (κ3) is 5.18. The zero-order chi connectivity index (χ0) is 23.9. The number of aromatic nitrogens is 1. The minimum atomic E-state index is -0.676. The van der Waals surface area contributed by atoms with Crippen molar-refractivity contribution in [2.45, 2.75) is 12.5 Å². The molecule has 3 heterocycles. The van der Waals surface area contributed by atoms with Crippen LogP contribution >= 0.6 is 0 Å². The number of quaternary nitrogens is 1. The first-order valence-electron chi connectivity index (χ1n) is 11.5. The lowest BCUT2D eigenvalue weighted by Gasteiger charge is -2.27. The molecule has 1 atom stereocenters. The number of aliphatic hydroxyl groups excluding tert-OH is 1. The Morgan fingerprint density at radius 1 is 1.18 bits per heavy atom. The van der Waals surface area contributed by atoms with E-state index in [0.717, 1.165) is 44.8 Å². The number of likely N-dealkylation sites (tertiary alicyclic amines) is 1. The molecule has 0 bridgehead atoms. The van der Waals surface area contributed by atoms with Crippen molar-refractivity contribution in [3.8, 4) is 5.75 Å². The number of carbonyl (C=O) groups excluding carboxylic acids is 2. The zero-order valence-corrected chi connectivity index (χ0v) is 19.1. The Hall–Kier alpha value is -3.49. The van der Waals surface area contributed by atoms with Gasteiger partial charge in [0.05, 0.1) is 31.4 Å². The van der Waals surface area contributed by atoms with E-state index in [1.54, 1.807) is 59.8 Å². The summed E-state index contributed by atoms with van der Waals surface area (Å²) < 4.78 is 10.9. The molecule has 1 aromatic heterocycles. The highest BCUT2D eigenvalue weighted by Crippen LogP contribution is 2.39. The Balaban J connectivity index is 1.61. The second-order valence-electron chi connectivity index (χ2n) is 8.36. The second-order valence-corrected chi connectivity index (χ2v) is 8.36. The van der Waals surface area contributed by atoms with Crippen LogP contribution in [-0.4, -0.2) is 72.7 Å². The van der Waals surface area contributed by atoms with Gasteiger partial charge in [-0.2, -0.15) is 0 Å². The third-order valence-electron chi connectivity index (χ3n) is 6.19. The number of Topliss-reactive ketones (excluding diaryl/α,β-unsaturated/α-hetero) is 1. The van der Waals surface area contributed by atoms with Crippen molar-refractivity contribution in [3.63, 3.8) is 0 Å². The molecule has 2 N–H and O–H groups in total. The maximum atomic E-state index is 13.1. The predicted molar refractivity (Wildman–Crippen MR) is 126 cm³/mol. The van der Waals surface area contributed by atoms with Gasteiger partial charge in [0.2, 0.25) is 0 Å². The number of morpholine rings is 1. The van der Waals surface area contributed by atoms with Crippen LogP contribution in [0.2, 0.25) is 0 Å². The molecule has 0 saturated carbocycles. The molecule has 178 valence electrons. The fraction of sp³-hybridized carbons (Fsp3) is 0.346. The Morgan fingerprint density at radius 2 is 1.88 bits per heavy atom. The van der Waals surface area contributed by atoms with Gasteiger partial charge in [0.25, 0.3) is 11.7 Å². The minimum Gasteiger partial charge on any atom is -0.507 e. The zero-order valence-electron chi connectivity index (χ0n) is 19.1. The summed E-state index contributed by atoms with van der Waals surface area (Å²) in [6.45, 7) is 8.68. The average Bonchev–Trinajstić information content (AvgIpc) is 3.13. The number of ketones is 1. The lowest BCUT2D eigenvalue weighted by molar-refractivity contribution is -0.908. The molecule has 2 fully saturated rings. The summed E-state index contributed by atoms with van der Waals surface area (Å²) in [5.41, 5.74) is 1.27. The molecule has 8 heteroatoms. The van der Waals surface area contributed by atoms with E-state index in [1.807, 2.05) is 0 Å². The molecule has 2 aliphatic heterocycles. The monoisotopic (exact) mass is 464 g/mol. The molecule has 2 saturated heterocycles. The van der Waals surface area contributed by atoms with Gasteiger partial charge < -0.3 is 24.4 Å². The number of nitrogens with zero attached hydrogens (tertiary/aromatic N) is 2. The van der Waals surface area contributed by atoms with Gasteiger partial charge in [-0.05, 0) is 42.0 Å². The van der Waals surface area contributed by atoms with Gasteiger partial charge in [0.1, 0.15) is 31.2 Å². The largest absolute Gasteiger partial charge is 0.507 e. The topological polar surface area (TPSA) is 93.4 Å². The van der Waals surface area contributed by atoms with Crippen LogP contribution in [0.25, 0.3) is 5.76 Å². The highest BCUT2D eigenvalue weighted by Gasteiger charge is 2.45. The van der Waals surface area contributed by atoms with E-state index in [0.29, 0.717) is 24.5 Å². The number of benzene rings is 1. The number of nitrogens with one attached hydrogen (secondary N) is 1. The SMILES string of the molecule is C=CCOc1ccc(C(O)=C2C(=O)C(=O)N(CCC[NH+]3CCOCC3)[C@H]2c2ccncc2)cc1. The first-order valence-corrected chi connectivity index (χ1v) is 11.5. The number of amides is 1. The van der Waals surface area contributed by atoms with Crippen LogP contribution in [0.4, 0.5) is 0 Å². The van der Waals surface area contributed by atoms with Crippen LogP contribution in [0.15, 0.2) is 67.0 Å². The fourth-order valence-electron chi connectivity index (χ4n) is 4.43. The normalized spacial score (nSPS) is 20.5. The van der Waals surface area contributed by atoms with E-state index in [4.69, 9.17) is 9.47 Å². The van der Waals surface area contributed by atoms with Gasteiger partial charge >= 0.3 is 0 Å². The molecular weight excluding hydrogens is 434 g/mol. The Labute approximate surface area is 199 Å². The summed E-state index contributed by atoms with van der Waals surface area (Å²) in [5, 5.41) is 11.1. The van der Waals surface area contributed by atoms with E-state index >= 15 is 0 Å². The molecule has 8 nitrogen and oxygen atoms in total. The number of ether oxygens (including phenoxy) is 2. The molecular formula is C26H30N3O5+. The standard InChI is InChI=1S/C26H29N3O5/c1-2-16-34-21-6-4-20(5-7-21)24(30)22-23(19-8-10-27-11-9-19)29(26(32)25(22)31)13-3-12-28-14-17-33-18-15-28/h2,4-11,23,30H,1,3,12-18H2/p+1/t23-/m0/s1. The van der Waals surface area contributed by atoms with Crippen molar-refractivity contribution < 1.29 is 29.1 Å². The van der Waals surface area contributed by atoms with E-state index < -0.39 is 17.7 Å². The van der Waals surface area contributed by atoms with Crippen molar-refractivity contribution in [3.05, 3.63) is 78.1 Å². The lowest BCUT2D eigenvalue weighted by Crippen LogP contribution is -3.14. The molecule has 0 radical (unpaired) electrons. The van der Waals surface area contributed by atoms with Crippen molar-refractivity contribution in [2.75, 3.05) is 46.0 Å². The van der Waals surface area contributed by atoms with Gasteiger partial charge in [0.15, 0.2) is 0 Å². The third-order valence-corrected chi connectivity index (χ3v) is 6.19. The van der Waals surface area contributed by atoms with Crippen LogP contribution in [0, 0.1) is 0 Å². The van der Waals surface area contributed by atoms with Crippen molar-refractivity contribution >= 4 is 17.4 Å². The molecule has 2 aromatic rings. The Bertz CT molecular complexity index is 1050.